The first-order valence-electron chi connectivity index (χ1n) is 9.49. The maximum Gasteiger partial charge on any atom is 0.251 e. The quantitative estimate of drug-likeness (QED) is 0.512. The number of nitrogens with one attached hydrogen (secondary N) is 2. The number of nitrogens with zero attached hydrogens (tertiary/aromatic N) is 1. The van der Waals surface area contributed by atoms with E-state index in [0.29, 0.717) is 29.3 Å². The van der Waals surface area contributed by atoms with Gasteiger partial charge in [-0.15, -0.1) is 0 Å². The predicted molar refractivity (Wildman–Crippen MR) is 119 cm³/mol. The summed E-state index contributed by atoms with van der Waals surface area (Å²) < 4.78 is 32.4. The lowest BCUT2D eigenvalue weighted by molar-refractivity contribution is 0.0954. The lowest BCUT2D eigenvalue weighted by Crippen LogP contribution is -2.26. The summed E-state index contributed by atoms with van der Waals surface area (Å²) in [5, 5.41) is 3.40. The summed E-state index contributed by atoms with van der Waals surface area (Å²) in [6, 6.07) is 16.5. The average molecular weight is 460 g/mol. The Labute approximate surface area is 186 Å². The fourth-order valence-electron chi connectivity index (χ4n) is 2.75. The summed E-state index contributed by atoms with van der Waals surface area (Å²) in [5.74, 6) is 0.372. The van der Waals surface area contributed by atoms with Crippen molar-refractivity contribution in [3.8, 4) is 5.75 Å². The molecule has 162 valence electrons. The largest absolute Gasteiger partial charge is 0.497 e. The molecule has 2 aromatic carbocycles. The second-order valence-corrected chi connectivity index (χ2v) is 8.87. The number of carbonyl (C=O) groups excluding carboxylic acids is 1. The number of ether oxygens (including phenoxy) is 1. The second kappa shape index (κ2) is 10.4. The van der Waals surface area contributed by atoms with Crippen LogP contribution in [0.5, 0.6) is 5.75 Å². The third-order valence-electron chi connectivity index (χ3n) is 4.51. The van der Waals surface area contributed by atoms with E-state index in [1.165, 1.54) is 19.2 Å². The van der Waals surface area contributed by atoms with Crippen LogP contribution >= 0.6 is 11.6 Å². The Balaban J connectivity index is 1.50. The molecule has 0 aliphatic carbocycles. The van der Waals surface area contributed by atoms with Gasteiger partial charge in [0, 0.05) is 37.0 Å². The van der Waals surface area contributed by atoms with Gasteiger partial charge in [0.25, 0.3) is 5.91 Å². The van der Waals surface area contributed by atoms with Crippen molar-refractivity contribution in [3.63, 3.8) is 0 Å². The van der Waals surface area contributed by atoms with Gasteiger partial charge in [-0.25, -0.2) is 13.1 Å². The van der Waals surface area contributed by atoms with E-state index >= 15 is 0 Å². The number of halogens is 1. The lowest BCUT2D eigenvalue weighted by atomic mass is 10.1. The summed E-state index contributed by atoms with van der Waals surface area (Å²) >= 11 is 5.80. The topological polar surface area (TPSA) is 97.4 Å². The van der Waals surface area contributed by atoms with Crippen LogP contribution in [0, 0.1) is 0 Å². The molecule has 2 N–H and O–H groups in total. The van der Waals surface area contributed by atoms with Crippen molar-refractivity contribution in [2.45, 2.75) is 17.9 Å². The molecule has 0 aliphatic rings. The molecule has 7 nitrogen and oxygen atoms in total. The minimum absolute atomic E-state index is 0.110. The van der Waals surface area contributed by atoms with Crippen molar-refractivity contribution in [2.75, 3.05) is 13.7 Å². The highest BCUT2D eigenvalue weighted by Crippen LogP contribution is 2.16. The van der Waals surface area contributed by atoms with Crippen LogP contribution in [0.4, 0.5) is 0 Å². The molecule has 0 aliphatic heterocycles. The van der Waals surface area contributed by atoms with Gasteiger partial charge in [-0.3, -0.25) is 9.78 Å². The van der Waals surface area contributed by atoms with Crippen LogP contribution in [0.3, 0.4) is 0 Å². The standard InChI is InChI=1S/C22H22ClN3O4S/c1-30-20-8-10-21(11-9-20)31(28,29)26-14-16-2-4-17(5-3-16)22(27)24-13-12-19-7-6-18(23)15-25-19/h2-11,15,26H,12-14H2,1H3,(H,24,27). The molecule has 3 aromatic rings. The van der Waals surface area contributed by atoms with Gasteiger partial charge in [0.15, 0.2) is 0 Å². The van der Waals surface area contributed by atoms with Gasteiger partial charge < -0.3 is 10.1 Å². The first-order valence-corrected chi connectivity index (χ1v) is 11.3. The van der Waals surface area contributed by atoms with Gasteiger partial charge in [0.2, 0.25) is 10.0 Å². The average Bonchev–Trinajstić information content (AvgIpc) is 2.79. The number of benzene rings is 2. The number of amides is 1. The molecular weight excluding hydrogens is 438 g/mol. The van der Waals surface area contributed by atoms with Gasteiger partial charge in [-0.2, -0.15) is 0 Å². The van der Waals surface area contributed by atoms with Crippen LogP contribution in [0.2, 0.25) is 5.02 Å². The maximum absolute atomic E-state index is 12.4. The van der Waals surface area contributed by atoms with E-state index in [-0.39, 0.29) is 17.3 Å². The van der Waals surface area contributed by atoms with Crippen molar-refractivity contribution in [2.24, 2.45) is 0 Å². The van der Waals surface area contributed by atoms with Crippen LogP contribution in [-0.2, 0) is 23.0 Å². The highest BCUT2D eigenvalue weighted by Gasteiger charge is 2.14. The highest BCUT2D eigenvalue weighted by atomic mass is 35.5. The molecule has 0 atom stereocenters. The third kappa shape index (κ3) is 6.52. The molecule has 3 rings (SSSR count). The van der Waals surface area contributed by atoms with Gasteiger partial charge in [-0.1, -0.05) is 23.7 Å². The van der Waals surface area contributed by atoms with Gasteiger partial charge >= 0.3 is 0 Å². The van der Waals surface area contributed by atoms with Crippen molar-refractivity contribution >= 4 is 27.5 Å². The Morgan fingerprint density at radius 3 is 2.35 bits per heavy atom. The summed E-state index contributed by atoms with van der Waals surface area (Å²) in [5.41, 5.74) is 2.06. The van der Waals surface area contributed by atoms with Crippen LogP contribution in [0.25, 0.3) is 0 Å². The zero-order valence-electron chi connectivity index (χ0n) is 16.8. The first-order chi connectivity index (χ1) is 14.9. The van der Waals surface area contributed by atoms with E-state index in [9.17, 15) is 13.2 Å². The van der Waals surface area contributed by atoms with E-state index in [4.69, 9.17) is 16.3 Å². The fraction of sp³-hybridized carbons (Fsp3) is 0.182. The van der Waals surface area contributed by atoms with Crippen LogP contribution in [0.1, 0.15) is 21.6 Å². The molecule has 1 amide bonds. The van der Waals surface area contributed by atoms with Crippen molar-refractivity contribution in [1.82, 2.24) is 15.0 Å². The monoisotopic (exact) mass is 459 g/mol. The van der Waals surface area contributed by atoms with E-state index in [0.717, 1.165) is 11.3 Å². The number of hydrogen-bond donors (Lipinski definition) is 2. The molecule has 0 bridgehead atoms. The van der Waals surface area contributed by atoms with E-state index in [1.54, 1.807) is 48.7 Å². The van der Waals surface area contributed by atoms with Gasteiger partial charge in [-0.05, 0) is 54.1 Å². The van der Waals surface area contributed by atoms with Crippen LogP contribution in [0.15, 0.2) is 71.8 Å². The number of pyridine rings is 1. The molecule has 9 heteroatoms. The Hall–Kier alpha value is -2.94. The number of aromatic nitrogens is 1. The first kappa shape index (κ1) is 22.7. The Morgan fingerprint density at radius 2 is 1.74 bits per heavy atom. The van der Waals surface area contributed by atoms with E-state index in [1.807, 2.05) is 6.07 Å². The molecule has 31 heavy (non-hydrogen) atoms. The molecule has 0 radical (unpaired) electrons. The number of rotatable bonds is 9. The normalized spacial score (nSPS) is 11.2. The fourth-order valence-corrected chi connectivity index (χ4v) is 3.88. The highest BCUT2D eigenvalue weighted by molar-refractivity contribution is 7.89. The van der Waals surface area contributed by atoms with Crippen molar-refractivity contribution in [3.05, 3.63) is 88.7 Å². The second-order valence-electron chi connectivity index (χ2n) is 6.67. The molecule has 0 spiro atoms. The Morgan fingerprint density at radius 1 is 1.03 bits per heavy atom. The number of carbonyl (C=O) groups is 1. The Kier molecular flexibility index (Phi) is 7.62. The molecule has 1 aromatic heterocycles. The summed E-state index contributed by atoms with van der Waals surface area (Å²) in [6.45, 7) is 0.551. The van der Waals surface area contributed by atoms with Gasteiger partial charge in [0.05, 0.1) is 17.0 Å². The summed E-state index contributed by atoms with van der Waals surface area (Å²) in [7, 11) is -2.13. The minimum Gasteiger partial charge on any atom is -0.497 e. The molecule has 0 unspecified atom stereocenters. The predicted octanol–water partition coefficient (Wildman–Crippen LogP) is 3.19. The molecule has 0 saturated heterocycles. The number of sulfonamides is 1. The van der Waals surface area contributed by atoms with E-state index in [2.05, 4.69) is 15.0 Å². The molecule has 1 heterocycles. The van der Waals surface area contributed by atoms with Crippen LogP contribution in [-0.4, -0.2) is 33.0 Å². The molecule has 0 saturated carbocycles. The van der Waals surface area contributed by atoms with Crippen molar-refractivity contribution < 1.29 is 17.9 Å². The summed E-state index contributed by atoms with van der Waals surface area (Å²) in [4.78, 5) is 16.6. The molecule has 0 fully saturated rings. The molecular formula is C22H22ClN3O4S. The zero-order chi connectivity index (χ0) is 22.3. The van der Waals surface area contributed by atoms with E-state index < -0.39 is 10.0 Å². The lowest BCUT2D eigenvalue weighted by Gasteiger charge is -2.09. The summed E-state index contributed by atoms with van der Waals surface area (Å²) in [6.07, 6.45) is 2.16. The maximum atomic E-state index is 12.4. The van der Waals surface area contributed by atoms with Crippen LogP contribution < -0.4 is 14.8 Å². The van der Waals surface area contributed by atoms with Crippen molar-refractivity contribution in [1.29, 1.82) is 0 Å². The SMILES string of the molecule is COc1ccc(S(=O)(=O)NCc2ccc(C(=O)NCCc3ccc(Cl)cn3)cc2)cc1. The van der Waals surface area contributed by atoms with Gasteiger partial charge in [0.1, 0.15) is 5.75 Å². The zero-order valence-corrected chi connectivity index (χ0v) is 18.4. The smallest absolute Gasteiger partial charge is 0.251 e. The minimum atomic E-state index is -3.65. The number of hydrogen-bond acceptors (Lipinski definition) is 5. The third-order valence-corrected chi connectivity index (χ3v) is 6.15. The number of methoxy groups -OCH3 is 1. The Bertz CT molecular complexity index is 1120.